The van der Waals surface area contributed by atoms with Gasteiger partial charge in [0.25, 0.3) is 5.91 Å². The number of hydrogen-bond donors (Lipinski definition) is 1. The van der Waals surface area contributed by atoms with Gasteiger partial charge in [0.15, 0.2) is 0 Å². The topological polar surface area (TPSA) is 85.8 Å². The highest BCUT2D eigenvalue weighted by atomic mass is 16.5. The molecule has 0 radical (unpaired) electrons. The van der Waals surface area contributed by atoms with Crippen LogP contribution in [-0.2, 0) is 0 Å². The second-order valence-electron chi connectivity index (χ2n) is 6.43. The summed E-state index contributed by atoms with van der Waals surface area (Å²) in [5.41, 5.74) is 2.37. The van der Waals surface area contributed by atoms with E-state index in [-0.39, 0.29) is 11.8 Å². The summed E-state index contributed by atoms with van der Waals surface area (Å²) < 4.78 is 7.09. The molecule has 28 heavy (non-hydrogen) atoms. The molecule has 2 aromatic heterocycles. The molecule has 1 atom stereocenters. The summed E-state index contributed by atoms with van der Waals surface area (Å²) in [7, 11) is 0. The molecular weight excluding hydrogens is 354 g/mol. The number of benzene rings is 2. The van der Waals surface area contributed by atoms with Crippen LogP contribution in [0, 0.1) is 0 Å². The Kier molecular flexibility index (Phi) is 4.97. The number of aromatic nitrogens is 4. The van der Waals surface area contributed by atoms with Crippen molar-refractivity contribution in [2.45, 2.75) is 12.8 Å². The third kappa shape index (κ3) is 3.83. The minimum atomic E-state index is -0.151. The Morgan fingerprint density at radius 3 is 2.61 bits per heavy atom. The Bertz CT molecular complexity index is 1040. The van der Waals surface area contributed by atoms with Gasteiger partial charge in [-0.15, -0.1) is 0 Å². The van der Waals surface area contributed by atoms with Gasteiger partial charge >= 0.3 is 0 Å². The third-order valence-corrected chi connectivity index (χ3v) is 4.36. The molecular formula is C21H19N5O2. The molecule has 1 N–H and O–H groups in total. The predicted octanol–water partition coefficient (Wildman–Crippen LogP) is 3.46. The Morgan fingerprint density at radius 2 is 1.89 bits per heavy atom. The van der Waals surface area contributed by atoms with E-state index in [0.717, 1.165) is 11.3 Å². The van der Waals surface area contributed by atoms with Crippen LogP contribution in [0.5, 0.6) is 0 Å². The number of nitrogens with one attached hydrogen (secondary N) is 1. The van der Waals surface area contributed by atoms with Crippen molar-refractivity contribution in [1.29, 1.82) is 0 Å². The van der Waals surface area contributed by atoms with Crippen molar-refractivity contribution in [3.8, 4) is 17.1 Å². The van der Waals surface area contributed by atoms with Crippen LogP contribution in [0.4, 0.5) is 0 Å². The SMILES string of the molecule is CC(CNC(=O)c1ccc(-n2cccn2)cc1)c1nc(-c2ccccc2)no1. The van der Waals surface area contributed by atoms with E-state index >= 15 is 0 Å². The van der Waals surface area contributed by atoms with Crippen molar-refractivity contribution in [2.75, 3.05) is 6.54 Å². The zero-order valence-electron chi connectivity index (χ0n) is 15.3. The first-order valence-corrected chi connectivity index (χ1v) is 8.98. The van der Waals surface area contributed by atoms with Gasteiger partial charge in [-0.2, -0.15) is 10.1 Å². The van der Waals surface area contributed by atoms with E-state index in [1.165, 1.54) is 0 Å². The molecule has 4 aromatic rings. The first-order valence-electron chi connectivity index (χ1n) is 8.98. The molecule has 0 aliphatic carbocycles. The van der Waals surface area contributed by atoms with E-state index in [1.54, 1.807) is 23.0 Å². The molecule has 2 aromatic carbocycles. The molecule has 0 bridgehead atoms. The molecule has 140 valence electrons. The van der Waals surface area contributed by atoms with Crippen molar-refractivity contribution >= 4 is 5.91 Å². The summed E-state index contributed by atoms with van der Waals surface area (Å²) in [4.78, 5) is 16.8. The summed E-state index contributed by atoms with van der Waals surface area (Å²) in [5.74, 6) is 0.787. The lowest BCUT2D eigenvalue weighted by Gasteiger charge is -2.09. The van der Waals surface area contributed by atoms with Crippen LogP contribution in [0.3, 0.4) is 0 Å². The van der Waals surface area contributed by atoms with E-state index in [9.17, 15) is 4.79 Å². The number of carbonyl (C=O) groups excluding carboxylic acids is 1. The van der Waals surface area contributed by atoms with Gasteiger partial charge < -0.3 is 9.84 Å². The smallest absolute Gasteiger partial charge is 0.251 e. The molecule has 7 nitrogen and oxygen atoms in total. The van der Waals surface area contributed by atoms with Crippen LogP contribution in [0.1, 0.15) is 29.1 Å². The molecule has 0 saturated heterocycles. The van der Waals surface area contributed by atoms with E-state index in [2.05, 4.69) is 20.6 Å². The number of nitrogens with zero attached hydrogens (tertiary/aromatic N) is 4. The Hall–Kier alpha value is -3.74. The van der Waals surface area contributed by atoms with Crippen molar-refractivity contribution in [1.82, 2.24) is 25.2 Å². The Balaban J connectivity index is 1.36. The summed E-state index contributed by atoms with van der Waals surface area (Å²) in [5, 5.41) is 11.1. The molecule has 0 fully saturated rings. The lowest BCUT2D eigenvalue weighted by Crippen LogP contribution is -2.27. The number of hydrogen-bond acceptors (Lipinski definition) is 5. The minimum absolute atomic E-state index is 0.0998. The van der Waals surface area contributed by atoms with Gasteiger partial charge in [0, 0.05) is 30.1 Å². The van der Waals surface area contributed by atoms with Crippen molar-refractivity contribution < 1.29 is 9.32 Å². The number of carbonyl (C=O) groups is 1. The maximum atomic E-state index is 12.4. The van der Waals surface area contributed by atoms with E-state index in [4.69, 9.17) is 4.52 Å². The summed E-state index contributed by atoms with van der Waals surface area (Å²) >= 11 is 0. The van der Waals surface area contributed by atoms with Crippen LogP contribution in [0.2, 0.25) is 0 Å². The van der Waals surface area contributed by atoms with Gasteiger partial charge in [-0.05, 0) is 30.3 Å². The average molecular weight is 373 g/mol. The maximum Gasteiger partial charge on any atom is 0.251 e. The summed E-state index contributed by atoms with van der Waals surface area (Å²) in [6, 6.07) is 18.7. The molecule has 1 unspecified atom stereocenters. The average Bonchev–Trinajstić information content (AvgIpc) is 3.45. The predicted molar refractivity (Wildman–Crippen MR) is 104 cm³/mol. The van der Waals surface area contributed by atoms with Crippen molar-refractivity contribution in [3.05, 3.63) is 84.5 Å². The highest BCUT2D eigenvalue weighted by molar-refractivity contribution is 5.94. The first-order chi connectivity index (χ1) is 13.7. The Morgan fingerprint density at radius 1 is 1.11 bits per heavy atom. The van der Waals surface area contributed by atoms with E-state index < -0.39 is 0 Å². The van der Waals surface area contributed by atoms with Gasteiger partial charge in [0.05, 0.1) is 11.6 Å². The zero-order valence-corrected chi connectivity index (χ0v) is 15.3. The van der Waals surface area contributed by atoms with Crippen molar-refractivity contribution in [2.24, 2.45) is 0 Å². The molecule has 4 rings (SSSR count). The molecule has 7 heteroatoms. The van der Waals surface area contributed by atoms with Crippen LogP contribution in [-0.4, -0.2) is 32.4 Å². The molecule has 0 aliphatic rings. The molecule has 0 saturated carbocycles. The van der Waals surface area contributed by atoms with Gasteiger partial charge in [-0.1, -0.05) is 42.4 Å². The quantitative estimate of drug-likeness (QED) is 0.559. The fraction of sp³-hybridized carbons (Fsp3) is 0.143. The lowest BCUT2D eigenvalue weighted by atomic mass is 10.1. The second kappa shape index (κ2) is 7.87. The molecule has 1 amide bonds. The van der Waals surface area contributed by atoms with Gasteiger partial charge in [-0.25, -0.2) is 4.68 Å². The zero-order chi connectivity index (χ0) is 19.3. The van der Waals surface area contributed by atoms with Crippen LogP contribution < -0.4 is 5.32 Å². The van der Waals surface area contributed by atoms with Crippen LogP contribution in [0.25, 0.3) is 17.1 Å². The fourth-order valence-corrected chi connectivity index (χ4v) is 2.76. The van der Waals surface area contributed by atoms with Gasteiger partial charge in [-0.3, -0.25) is 4.79 Å². The van der Waals surface area contributed by atoms with Crippen LogP contribution in [0.15, 0.2) is 77.6 Å². The largest absolute Gasteiger partial charge is 0.351 e. The van der Waals surface area contributed by atoms with Gasteiger partial charge in [0.2, 0.25) is 11.7 Å². The second-order valence-corrected chi connectivity index (χ2v) is 6.43. The standard InChI is InChI=1S/C21H19N5O2/c1-15(21-24-19(25-28-21)16-6-3-2-4-7-16)14-22-20(27)17-8-10-18(11-9-17)26-13-5-12-23-26/h2-13,15H,14H2,1H3,(H,22,27). The fourth-order valence-electron chi connectivity index (χ4n) is 2.76. The van der Waals surface area contributed by atoms with Crippen LogP contribution >= 0.6 is 0 Å². The highest BCUT2D eigenvalue weighted by Gasteiger charge is 2.16. The number of amides is 1. The minimum Gasteiger partial charge on any atom is -0.351 e. The lowest BCUT2D eigenvalue weighted by molar-refractivity contribution is 0.0950. The Labute approximate surface area is 162 Å². The van der Waals surface area contributed by atoms with E-state index in [0.29, 0.717) is 23.8 Å². The maximum absolute atomic E-state index is 12.4. The van der Waals surface area contributed by atoms with E-state index in [1.807, 2.05) is 61.7 Å². The summed E-state index contributed by atoms with van der Waals surface area (Å²) in [6.45, 7) is 2.33. The number of rotatable bonds is 6. The highest BCUT2D eigenvalue weighted by Crippen LogP contribution is 2.19. The molecule has 0 aliphatic heterocycles. The molecule has 0 spiro atoms. The third-order valence-electron chi connectivity index (χ3n) is 4.36. The molecule has 2 heterocycles. The summed E-state index contributed by atoms with van der Waals surface area (Å²) in [6.07, 6.45) is 3.56. The normalized spacial score (nSPS) is 11.9. The first kappa shape index (κ1) is 17.7. The monoisotopic (exact) mass is 373 g/mol. The van der Waals surface area contributed by atoms with Crippen molar-refractivity contribution in [3.63, 3.8) is 0 Å². The van der Waals surface area contributed by atoms with Gasteiger partial charge in [0.1, 0.15) is 0 Å².